The Morgan fingerprint density at radius 1 is 1.03 bits per heavy atom. The molecule has 0 radical (unpaired) electrons. The van der Waals surface area contributed by atoms with Gasteiger partial charge >= 0.3 is 5.97 Å². The Balaban J connectivity index is 1.44. The Kier molecular flexibility index (Phi) is 6.58. The number of fused-ring (bicyclic) bond motifs is 1. The highest BCUT2D eigenvalue weighted by atomic mass is 16.6. The molecule has 1 saturated heterocycles. The molecule has 0 saturated carbocycles. The number of nitrogens with zero attached hydrogens (tertiary/aromatic N) is 5. The number of ether oxygens (including phenoxy) is 1. The van der Waals surface area contributed by atoms with Gasteiger partial charge in [0.2, 0.25) is 6.61 Å². The van der Waals surface area contributed by atoms with Crippen molar-refractivity contribution in [3.8, 4) is 5.69 Å². The molecular weight excluding hydrogens is 422 g/mol. The SMILES string of the molecule is COC(=O)CON=C(C)N1CCN(c2cccc(-n3cnc4cc(C(C)=O)ccc43)c2)CC1. The number of piperazine rings is 1. The first kappa shape index (κ1) is 22.3. The van der Waals surface area contributed by atoms with Crippen molar-refractivity contribution in [2.75, 3.05) is 44.8 Å². The van der Waals surface area contributed by atoms with Crippen molar-refractivity contribution in [2.45, 2.75) is 13.8 Å². The predicted molar refractivity (Wildman–Crippen MR) is 126 cm³/mol. The van der Waals surface area contributed by atoms with Crippen molar-refractivity contribution < 1.29 is 19.2 Å². The molecule has 0 amide bonds. The number of imidazole rings is 1. The lowest BCUT2D eigenvalue weighted by Crippen LogP contribution is -2.48. The minimum atomic E-state index is -0.457. The van der Waals surface area contributed by atoms with E-state index in [-0.39, 0.29) is 12.4 Å². The average molecular weight is 450 g/mol. The van der Waals surface area contributed by atoms with Gasteiger partial charge in [-0.15, -0.1) is 0 Å². The molecule has 1 aromatic heterocycles. The number of esters is 1. The zero-order chi connectivity index (χ0) is 23.4. The number of aromatic nitrogens is 2. The molecular formula is C24H27N5O4. The molecule has 0 aliphatic carbocycles. The lowest BCUT2D eigenvalue weighted by atomic mass is 10.1. The van der Waals surface area contributed by atoms with Gasteiger partial charge in [0.05, 0.1) is 18.1 Å². The number of hydrogen-bond acceptors (Lipinski definition) is 7. The normalized spacial score (nSPS) is 14.5. The molecule has 0 unspecified atom stereocenters. The first-order chi connectivity index (χ1) is 16.0. The number of Topliss-reactive ketones (excluding diaryl/α,β-unsaturated/α-hetero) is 1. The van der Waals surface area contributed by atoms with E-state index in [1.54, 1.807) is 13.3 Å². The van der Waals surface area contributed by atoms with Crippen molar-refractivity contribution in [2.24, 2.45) is 5.16 Å². The zero-order valence-corrected chi connectivity index (χ0v) is 19.0. The van der Waals surface area contributed by atoms with Gasteiger partial charge in [-0.25, -0.2) is 9.78 Å². The van der Waals surface area contributed by atoms with Gasteiger partial charge in [-0.3, -0.25) is 9.36 Å². The van der Waals surface area contributed by atoms with E-state index in [4.69, 9.17) is 4.84 Å². The summed E-state index contributed by atoms with van der Waals surface area (Å²) in [6.45, 7) is 6.49. The highest BCUT2D eigenvalue weighted by molar-refractivity contribution is 5.97. The number of methoxy groups -OCH3 is 1. The number of oxime groups is 1. The highest BCUT2D eigenvalue weighted by Gasteiger charge is 2.19. The maximum absolute atomic E-state index is 11.7. The van der Waals surface area contributed by atoms with E-state index < -0.39 is 5.97 Å². The van der Waals surface area contributed by atoms with Gasteiger partial charge in [-0.2, -0.15) is 0 Å². The number of rotatable bonds is 6. The van der Waals surface area contributed by atoms with Crippen molar-refractivity contribution in [1.82, 2.24) is 14.5 Å². The van der Waals surface area contributed by atoms with Crippen LogP contribution in [-0.2, 0) is 14.4 Å². The van der Waals surface area contributed by atoms with Gasteiger partial charge in [0.1, 0.15) is 12.2 Å². The third-order valence-electron chi connectivity index (χ3n) is 5.77. The van der Waals surface area contributed by atoms with Gasteiger partial charge in [-0.1, -0.05) is 11.2 Å². The van der Waals surface area contributed by atoms with E-state index in [0.29, 0.717) is 5.56 Å². The Bertz CT molecular complexity index is 1190. The Morgan fingerprint density at radius 3 is 2.52 bits per heavy atom. The molecule has 0 N–H and O–H groups in total. The largest absolute Gasteiger partial charge is 0.466 e. The smallest absolute Gasteiger partial charge is 0.346 e. The van der Waals surface area contributed by atoms with Gasteiger partial charge in [0.15, 0.2) is 5.78 Å². The molecule has 9 nitrogen and oxygen atoms in total. The van der Waals surface area contributed by atoms with Crippen molar-refractivity contribution in [1.29, 1.82) is 0 Å². The molecule has 4 rings (SSSR count). The minimum Gasteiger partial charge on any atom is -0.466 e. The van der Waals surface area contributed by atoms with Crippen molar-refractivity contribution in [3.05, 3.63) is 54.4 Å². The fourth-order valence-electron chi connectivity index (χ4n) is 3.86. The van der Waals surface area contributed by atoms with Crippen LogP contribution in [0.1, 0.15) is 24.2 Å². The fraction of sp³-hybridized carbons (Fsp3) is 0.333. The van der Waals surface area contributed by atoms with Crippen LogP contribution in [0.3, 0.4) is 0 Å². The monoisotopic (exact) mass is 449 g/mol. The van der Waals surface area contributed by atoms with Crippen LogP contribution in [0.15, 0.2) is 53.9 Å². The predicted octanol–water partition coefficient (Wildman–Crippen LogP) is 2.87. The van der Waals surface area contributed by atoms with E-state index in [9.17, 15) is 9.59 Å². The van der Waals surface area contributed by atoms with Crippen LogP contribution < -0.4 is 4.90 Å². The van der Waals surface area contributed by atoms with Gasteiger partial charge < -0.3 is 19.4 Å². The summed E-state index contributed by atoms with van der Waals surface area (Å²) in [5, 5.41) is 4.02. The summed E-state index contributed by atoms with van der Waals surface area (Å²) in [6.07, 6.45) is 1.79. The summed E-state index contributed by atoms with van der Waals surface area (Å²) in [5.41, 5.74) is 4.56. The second-order valence-electron chi connectivity index (χ2n) is 7.86. The zero-order valence-electron chi connectivity index (χ0n) is 19.0. The van der Waals surface area contributed by atoms with E-state index >= 15 is 0 Å². The number of carbonyl (C=O) groups is 2. The minimum absolute atomic E-state index is 0.0305. The third-order valence-corrected chi connectivity index (χ3v) is 5.77. The Hall–Kier alpha value is -3.88. The standard InChI is InChI=1S/C24H27N5O4/c1-17(30)19-7-8-23-22(13-19)25-16-29(23)21-6-4-5-20(14-21)28-11-9-27(10-12-28)18(2)26-33-15-24(31)32-3/h4-8,13-14,16H,9-12,15H2,1-3H3. The van der Waals surface area contributed by atoms with Gasteiger partial charge in [0, 0.05) is 43.1 Å². The second kappa shape index (κ2) is 9.72. The van der Waals surface area contributed by atoms with Crippen LogP contribution in [0.25, 0.3) is 16.7 Å². The maximum Gasteiger partial charge on any atom is 0.346 e. The number of hydrogen-bond donors (Lipinski definition) is 0. The first-order valence-electron chi connectivity index (χ1n) is 10.8. The number of carbonyl (C=O) groups excluding carboxylic acids is 2. The average Bonchev–Trinajstić information content (AvgIpc) is 3.27. The lowest BCUT2D eigenvalue weighted by molar-refractivity contribution is -0.145. The molecule has 2 heterocycles. The Morgan fingerprint density at radius 2 is 1.79 bits per heavy atom. The molecule has 0 bridgehead atoms. The van der Waals surface area contributed by atoms with Crippen LogP contribution in [0.5, 0.6) is 0 Å². The summed E-state index contributed by atoms with van der Waals surface area (Å²) >= 11 is 0. The highest BCUT2D eigenvalue weighted by Crippen LogP contribution is 2.24. The van der Waals surface area contributed by atoms with Gasteiger partial charge in [0.25, 0.3) is 0 Å². The van der Waals surface area contributed by atoms with Crippen LogP contribution in [0, 0.1) is 0 Å². The third kappa shape index (κ3) is 4.97. The lowest BCUT2D eigenvalue weighted by Gasteiger charge is -2.36. The number of benzene rings is 2. The molecule has 2 aromatic carbocycles. The van der Waals surface area contributed by atoms with Crippen LogP contribution in [-0.4, -0.2) is 71.9 Å². The molecule has 1 aliphatic heterocycles. The maximum atomic E-state index is 11.7. The molecule has 1 fully saturated rings. The van der Waals surface area contributed by atoms with Crippen LogP contribution in [0.2, 0.25) is 0 Å². The van der Waals surface area contributed by atoms with Crippen molar-refractivity contribution in [3.63, 3.8) is 0 Å². The van der Waals surface area contributed by atoms with E-state index in [1.807, 2.05) is 35.8 Å². The summed E-state index contributed by atoms with van der Waals surface area (Å²) < 4.78 is 6.58. The first-order valence-corrected chi connectivity index (χ1v) is 10.8. The van der Waals surface area contributed by atoms with Crippen LogP contribution >= 0.6 is 0 Å². The quantitative estimate of drug-likeness (QED) is 0.188. The number of amidine groups is 1. The Labute approximate surface area is 192 Å². The number of anilines is 1. The van der Waals surface area contributed by atoms with E-state index in [2.05, 4.69) is 42.9 Å². The van der Waals surface area contributed by atoms with E-state index in [1.165, 1.54) is 7.11 Å². The topological polar surface area (TPSA) is 89.3 Å². The van der Waals surface area contributed by atoms with Crippen molar-refractivity contribution >= 4 is 34.3 Å². The molecule has 172 valence electrons. The summed E-state index contributed by atoms with van der Waals surface area (Å²) in [7, 11) is 1.32. The molecule has 0 spiro atoms. The molecule has 33 heavy (non-hydrogen) atoms. The molecule has 1 aliphatic rings. The number of ketones is 1. The molecule has 0 atom stereocenters. The second-order valence-corrected chi connectivity index (χ2v) is 7.86. The summed E-state index contributed by atoms with van der Waals surface area (Å²) in [4.78, 5) is 36.8. The summed E-state index contributed by atoms with van der Waals surface area (Å²) in [6, 6.07) is 14.0. The fourth-order valence-corrected chi connectivity index (χ4v) is 3.86. The summed E-state index contributed by atoms with van der Waals surface area (Å²) in [5.74, 6) is 0.311. The van der Waals surface area contributed by atoms with E-state index in [0.717, 1.165) is 54.4 Å². The molecule has 3 aromatic rings. The van der Waals surface area contributed by atoms with Gasteiger partial charge in [-0.05, 0) is 50.2 Å². The molecule has 9 heteroatoms. The van der Waals surface area contributed by atoms with Crippen LogP contribution in [0.4, 0.5) is 5.69 Å².